The first-order valence-electron chi connectivity index (χ1n) is 3.69. The zero-order valence-electron chi connectivity index (χ0n) is 7.52. The lowest BCUT2D eigenvalue weighted by Gasteiger charge is -2.00. The minimum Gasteiger partial charge on any atom is -0.392 e. The Morgan fingerprint density at radius 3 is 2.18 bits per heavy atom. The van der Waals surface area contributed by atoms with Gasteiger partial charge in [0.2, 0.25) is 0 Å². The molecule has 0 aromatic carbocycles. The summed E-state index contributed by atoms with van der Waals surface area (Å²) in [4.78, 5) is 0. The first-order valence-corrected chi connectivity index (χ1v) is 3.69. The van der Waals surface area contributed by atoms with E-state index in [0.717, 1.165) is 11.1 Å². The van der Waals surface area contributed by atoms with Crippen molar-refractivity contribution in [2.45, 2.75) is 20.8 Å². The third-order valence-electron chi connectivity index (χ3n) is 1.45. The van der Waals surface area contributed by atoms with Crippen LogP contribution in [0.4, 0.5) is 0 Å². The summed E-state index contributed by atoms with van der Waals surface area (Å²) in [5, 5.41) is 8.93. The van der Waals surface area contributed by atoms with Crippen LogP contribution in [-0.4, -0.2) is 11.7 Å². The van der Waals surface area contributed by atoms with E-state index >= 15 is 0 Å². The zero-order chi connectivity index (χ0) is 8.85. The maximum Gasteiger partial charge on any atom is 0.0684 e. The largest absolute Gasteiger partial charge is 0.392 e. The minimum atomic E-state index is 0.0863. The first-order chi connectivity index (χ1) is 5.11. The fourth-order valence-corrected chi connectivity index (χ4v) is 0.764. The lowest BCUT2D eigenvalue weighted by Crippen LogP contribution is -1.90. The molecule has 0 aliphatic heterocycles. The molecule has 0 rings (SSSR count). The van der Waals surface area contributed by atoms with Gasteiger partial charge in [-0.3, -0.25) is 0 Å². The number of aliphatic hydroxyl groups is 1. The molecule has 1 N–H and O–H groups in total. The van der Waals surface area contributed by atoms with E-state index in [-0.39, 0.29) is 6.61 Å². The van der Waals surface area contributed by atoms with E-state index < -0.39 is 0 Å². The smallest absolute Gasteiger partial charge is 0.0684 e. The van der Waals surface area contributed by atoms with Crippen LogP contribution in [-0.2, 0) is 0 Å². The fraction of sp³-hybridized carbons (Fsp3) is 0.400. The Balaban J connectivity index is 4.66. The highest BCUT2D eigenvalue weighted by molar-refractivity contribution is 5.32. The Kier molecular flexibility index (Phi) is 4.55. The molecule has 0 spiro atoms. The molecule has 0 radical (unpaired) electrons. The lowest BCUT2D eigenvalue weighted by atomic mass is 10.1. The number of hydrogen-bond donors (Lipinski definition) is 1. The molecule has 0 fully saturated rings. The topological polar surface area (TPSA) is 20.2 Å². The van der Waals surface area contributed by atoms with Gasteiger partial charge in [-0.1, -0.05) is 24.3 Å². The van der Waals surface area contributed by atoms with E-state index in [1.165, 1.54) is 5.57 Å². The fourth-order valence-electron chi connectivity index (χ4n) is 0.764. The molecule has 0 aromatic heterocycles. The van der Waals surface area contributed by atoms with Crippen molar-refractivity contribution < 1.29 is 5.11 Å². The summed E-state index contributed by atoms with van der Waals surface area (Å²) in [6.45, 7) is 9.68. The Morgan fingerprint density at radius 1 is 1.36 bits per heavy atom. The van der Waals surface area contributed by atoms with Crippen molar-refractivity contribution in [2.24, 2.45) is 0 Å². The van der Waals surface area contributed by atoms with Gasteiger partial charge in [-0.2, -0.15) is 0 Å². The van der Waals surface area contributed by atoms with E-state index in [9.17, 15) is 0 Å². The number of rotatable bonds is 3. The second kappa shape index (κ2) is 4.91. The Morgan fingerprint density at radius 2 is 1.91 bits per heavy atom. The van der Waals surface area contributed by atoms with Crippen molar-refractivity contribution in [2.75, 3.05) is 6.61 Å². The Labute approximate surface area is 68.7 Å². The van der Waals surface area contributed by atoms with Gasteiger partial charge in [0.15, 0.2) is 0 Å². The quantitative estimate of drug-likeness (QED) is 0.616. The third kappa shape index (κ3) is 3.79. The number of aliphatic hydroxyl groups excluding tert-OH is 1. The van der Waals surface area contributed by atoms with Crippen LogP contribution in [0.3, 0.4) is 0 Å². The van der Waals surface area contributed by atoms with E-state index in [1.54, 1.807) is 6.08 Å². The van der Waals surface area contributed by atoms with Gasteiger partial charge in [0.25, 0.3) is 0 Å². The van der Waals surface area contributed by atoms with Gasteiger partial charge >= 0.3 is 0 Å². The zero-order valence-corrected chi connectivity index (χ0v) is 7.52. The van der Waals surface area contributed by atoms with Gasteiger partial charge in [-0.25, -0.2) is 0 Å². The van der Waals surface area contributed by atoms with E-state index in [0.29, 0.717) is 0 Å². The highest BCUT2D eigenvalue weighted by atomic mass is 16.3. The summed E-state index contributed by atoms with van der Waals surface area (Å²) < 4.78 is 0. The molecule has 11 heavy (non-hydrogen) atoms. The molecule has 0 amide bonds. The first kappa shape index (κ1) is 10.2. The average molecular weight is 152 g/mol. The maximum atomic E-state index is 8.93. The summed E-state index contributed by atoms with van der Waals surface area (Å²) in [5.74, 6) is 0. The van der Waals surface area contributed by atoms with Crippen molar-refractivity contribution in [3.05, 3.63) is 35.5 Å². The van der Waals surface area contributed by atoms with Crippen molar-refractivity contribution in [1.82, 2.24) is 0 Å². The number of hydrogen-bond acceptors (Lipinski definition) is 1. The normalized spacial score (nSPS) is 12.0. The molecule has 1 heteroatoms. The van der Waals surface area contributed by atoms with Crippen LogP contribution in [0, 0.1) is 0 Å². The third-order valence-corrected chi connectivity index (χ3v) is 1.45. The average Bonchev–Trinajstić information content (AvgIpc) is 1.98. The predicted octanol–water partition coefficient (Wildman–Crippen LogP) is 2.45. The van der Waals surface area contributed by atoms with Gasteiger partial charge in [0.1, 0.15) is 0 Å². The SMILES string of the molecule is C=C/C(C)=C(\C=C(C)C)CO. The molecule has 0 aliphatic rings. The summed E-state index contributed by atoms with van der Waals surface area (Å²) in [6, 6.07) is 0. The molecule has 0 unspecified atom stereocenters. The van der Waals surface area contributed by atoms with E-state index in [2.05, 4.69) is 6.58 Å². The molecule has 1 nitrogen and oxygen atoms in total. The van der Waals surface area contributed by atoms with Gasteiger partial charge in [0.05, 0.1) is 6.61 Å². The van der Waals surface area contributed by atoms with Crippen LogP contribution in [0.2, 0.25) is 0 Å². The van der Waals surface area contributed by atoms with Crippen molar-refractivity contribution in [1.29, 1.82) is 0 Å². The molecule has 0 atom stereocenters. The molecule has 0 aromatic rings. The van der Waals surface area contributed by atoms with Gasteiger partial charge in [-0.15, -0.1) is 0 Å². The van der Waals surface area contributed by atoms with Gasteiger partial charge in [0, 0.05) is 0 Å². The molecule has 62 valence electrons. The molecule has 0 bridgehead atoms. The minimum absolute atomic E-state index is 0.0863. The molecule has 0 saturated carbocycles. The second-order valence-corrected chi connectivity index (χ2v) is 2.79. The van der Waals surface area contributed by atoms with E-state index in [1.807, 2.05) is 26.8 Å². The van der Waals surface area contributed by atoms with Gasteiger partial charge in [-0.05, 0) is 31.9 Å². The summed E-state index contributed by atoms with van der Waals surface area (Å²) in [5.41, 5.74) is 3.17. The second-order valence-electron chi connectivity index (χ2n) is 2.79. The summed E-state index contributed by atoms with van der Waals surface area (Å²) in [7, 11) is 0. The predicted molar refractivity (Wildman–Crippen MR) is 49.4 cm³/mol. The lowest BCUT2D eigenvalue weighted by molar-refractivity contribution is 0.334. The molecule has 0 aliphatic carbocycles. The Hall–Kier alpha value is -0.820. The molecule has 0 heterocycles. The van der Waals surface area contributed by atoms with Crippen molar-refractivity contribution in [3.63, 3.8) is 0 Å². The molecular formula is C10H16O. The highest BCUT2D eigenvalue weighted by Crippen LogP contribution is 2.08. The molecule has 0 saturated heterocycles. The highest BCUT2D eigenvalue weighted by Gasteiger charge is 1.93. The van der Waals surface area contributed by atoms with E-state index in [4.69, 9.17) is 5.11 Å². The summed E-state index contributed by atoms with van der Waals surface area (Å²) in [6.07, 6.45) is 3.72. The maximum absolute atomic E-state index is 8.93. The van der Waals surface area contributed by atoms with Gasteiger partial charge < -0.3 is 5.11 Å². The standard InChI is InChI=1S/C10H16O/c1-5-9(4)10(7-11)6-8(2)3/h5-6,11H,1,7H2,2-4H3/b10-9+. The monoisotopic (exact) mass is 152 g/mol. The van der Waals surface area contributed by atoms with Crippen LogP contribution in [0.15, 0.2) is 35.5 Å². The van der Waals surface area contributed by atoms with Crippen molar-refractivity contribution in [3.8, 4) is 0 Å². The van der Waals surface area contributed by atoms with Crippen LogP contribution >= 0.6 is 0 Å². The van der Waals surface area contributed by atoms with Crippen molar-refractivity contribution >= 4 is 0 Å². The number of allylic oxidation sites excluding steroid dienone is 3. The summed E-state index contributed by atoms with van der Waals surface area (Å²) >= 11 is 0. The van der Waals surface area contributed by atoms with Crippen LogP contribution in [0.1, 0.15) is 20.8 Å². The Bertz CT molecular complexity index is 193. The molecular weight excluding hydrogens is 136 g/mol. The van der Waals surface area contributed by atoms with Crippen LogP contribution in [0.25, 0.3) is 0 Å². The van der Waals surface area contributed by atoms with Crippen LogP contribution < -0.4 is 0 Å². The van der Waals surface area contributed by atoms with Crippen LogP contribution in [0.5, 0.6) is 0 Å².